The average Bonchev–Trinajstić information content (AvgIpc) is 2.98. The average molecular weight is 410 g/mol. The highest BCUT2D eigenvalue weighted by molar-refractivity contribution is 9.10. The second-order valence-corrected chi connectivity index (χ2v) is 7.35. The first-order valence-corrected chi connectivity index (χ1v) is 9.03. The van der Waals surface area contributed by atoms with E-state index in [4.69, 9.17) is 0 Å². The number of nitrogens with one attached hydrogen (secondary N) is 1. The molecule has 9 heteroatoms. The number of anilines is 1. The smallest absolute Gasteiger partial charge is 0.337 e. The molecule has 0 spiro atoms. The van der Waals surface area contributed by atoms with E-state index in [-0.39, 0.29) is 16.3 Å². The summed E-state index contributed by atoms with van der Waals surface area (Å²) in [5.74, 6) is -0.319. The Morgan fingerprint density at radius 2 is 2.08 bits per heavy atom. The number of sulfonamides is 1. The molecule has 0 amide bonds. The van der Waals surface area contributed by atoms with Crippen molar-refractivity contribution in [3.63, 3.8) is 0 Å². The Balaban J connectivity index is 1.99. The van der Waals surface area contributed by atoms with Gasteiger partial charge in [-0.3, -0.25) is 9.12 Å². The van der Waals surface area contributed by atoms with E-state index in [0.29, 0.717) is 5.65 Å². The number of nitrogens with zero attached hydrogens (tertiary/aromatic N) is 2. The summed E-state index contributed by atoms with van der Waals surface area (Å²) in [5.41, 5.74) is 0.736. The van der Waals surface area contributed by atoms with Crippen molar-refractivity contribution in [2.75, 3.05) is 11.8 Å². The second-order valence-electron chi connectivity index (χ2n) is 4.82. The lowest BCUT2D eigenvalue weighted by Crippen LogP contribution is -2.15. The van der Waals surface area contributed by atoms with Crippen molar-refractivity contribution in [1.29, 1.82) is 0 Å². The van der Waals surface area contributed by atoms with Crippen molar-refractivity contribution < 1.29 is 17.9 Å². The molecule has 0 radical (unpaired) electrons. The first-order chi connectivity index (χ1) is 11.4. The van der Waals surface area contributed by atoms with E-state index in [1.54, 1.807) is 22.7 Å². The second kappa shape index (κ2) is 6.25. The summed E-state index contributed by atoms with van der Waals surface area (Å²) in [5, 5.41) is 0. The Bertz CT molecular complexity index is 1030. The van der Waals surface area contributed by atoms with Crippen LogP contribution in [0.2, 0.25) is 0 Å². The highest BCUT2D eigenvalue weighted by Gasteiger charge is 2.19. The molecule has 3 aromatic rings. The van der Waals surface area contributed by atoms with E-state index in [1.807, 2.05) is 0 Å². The van der Waals surface area contributed by atoms with Gasteiger partial charge in [0.1, 0.15) is 5.82 Å². The van der Waals surface area contributed by atoms with Gasteiger partial charge in [-0.25, -0.2) is 18.2 Å². The molecule has 0 aliphatic rings. The number of carbonyl (C=O) groups excluding carboxylic acids is 1. The molecule has 2 heterocycles. The fraction of sp³-hybridized carbons (Fsp3) is 0.0667. The van der Waals surface area contributed by atoms with Gasteiger partial charge in [0.15, 0.2) is 5.65 Å². The lowest BCUT2D eigenvalue weighted by Gasteiger charge is -2.09. The van der Waals surface area contributed by atoms with Crippen molar-refractivity contribution in [3.05, 3.63) is 58.8 Å². The fourth-order valence-corrected chi connectivity index (χ4v) is 3.69. The maximum atomic E-state index is 12.6. The number of esters is 1. The van der Waals surface area contributed by atoms with Crippen LogP contribution in [0.3, 0.4) is 0 Å². The molecule has 1 aromatic carbocycles. The van der Waals surface area contributed by atoms with Crippen LogP contribution in [0.1, 0.15) is 10.4 Å². The highest BCUT2D eigenvalue weighted by atomic mass is 79.9. The third-order valence-corrected chi connectivity index (χ3v) is 5.26. The summed E-state index contributed by atoms with van der Waals surface area (Å²) in [6.45, 7) is 0. The van der Waals surface area contributed by atoms with E-state index in [2.05, 4.69) is 30.4 Å². The third-order valence-electron chi connectivity index (χ3n) is 3.29. The molecule has 1 N–H and O–H groups in total. The molecule has 0 saturated carbocycles. The summed E-state index contributed by atoms with van der Waals surface area (Å²) < 4.78 is 34.6. The molecule has 0 bridgehead atoms. The first-order valence-electron chi connectivity index (χ1n) is 6.75. The molecule has 0 fully saturated rings. The van der Waals surface area contributed by atoms with Crippen LogP contribution in [0, 0.1) is 0 Å². The van der Waals surface area contributed by atoms with Gasteiger partial charge in [-0.15, -0.1) is 0 Å². The summed E-state index contributed by atoms with van der Waals surface area (Å²) in [7, 11) is -2.65. The van der Waals surface area contributed by atoms with Gasteiger partial charge in [0.2, 0.25) is 0 Å². The number of benzene rings is 1. The topological polar surface area (TPSA) is 89.8 Å². The predicted molar refractivity (Wildman–Crippen MR) is 91.5 cm³/mol. The largest absolute Gasteiger partial charge is 0.465 e. The van der Waals surface area contributed by atoms with Crippen molar-refractivity contribution in [1.82, 2.24) is 9.38 Å². The number of halogens is 1. The Morgan fingerprint density at radius 3 is 2.83 bits per heavy atom. The van der Waals surface area contributed by atoms with E-state index in [9.17, 15) is 13.2 Å². The first kappa shape index (κ1) is 16.5. The minimum Gasteiger partial charge on any atom is -0.465 e. The molecule has 0 atom stereocenters. The number of rotatable bonds is 4. The highest BCUT2D eigenvalue weighted by Crippen LogP contribution is 2.22. The molecule has 24 heavy (non-hydrogen) atoms. The lowest BCUT2D eigenvalue weighted by molar-refractivity contribution is 0.0600. The van der Waals surface area contributed by atoms with Crippen LogP contribution in [0.4, 0.5) is 5.82 Å². The van der Waals surface area contributed by atoms with Crippen LogP contribution in [0.15, 0.2) is 58.2 Å². The molecule has 0 aliphatic carbocycles. The van der Waals surface area contributed by atoms with Gasteiger partial charge in [0.05, 0.1) is 28.2 Å². The number of imidazole rings is 1. The summed E-state index contributed by atoms with van der Waals surface area (Å²) >= 11 is 3.36. The van der Waals surface area contributed by atoms with Gasteiger partial charge in [-0.2, -0.15) is 0 Å². The summed E-state index contributed by atoms with van der Waals surface area (Å²) in [6, 6.07) is 9.18. The van der Waals surface area contributed by atoms with E-state index >= 15 is 0 Å². The standard InChI is InChI=1S/C15H12BrN3O4S/c1-23-15(20)10-4-2-5-11(8-10)24(21,22)18-13-9-17-14-12(16)6-3-7-19(13)14/h2-9,18H,1H3. The number of pyridine rings is 1. The Morgan fingerprint density at radius 1 is 1.29 bits per heavy atom. The molecule has 2 aromatic heterocycles. The molecular weight excluding hydrogens is 398 g/mol. The van der Waals surface area contributed by atoms with E-state index in [0.717, 1.165) is 4.47 Å². The van der Waals surface area contributed by atoms with Crippen LogP contribution in [0.25, 0.3) is 5.65 Å². The normalized spacial score (nSPS) is 11.4. The molecule has 7 nitrogen and oxygen atoms in total. The van der Waals surface area contributed by atoms with Crippen molar-refractivity contribution in [2.45, 2.75) is 4.90 Å². The maximum absolute atomic E-state index is 12.6. The number of carbonyl (C=O) groups is 1. The molecule has 0 aliphatic heterocycles. The van der Waals surface area contributed by atoms with Gasteiger partial charge >= 0.3 is 5.97 Å². The molecular formula is C15H12BrN3O4S. The Kier molecular flexibility index (Phi) is 4.29. The molecule has 3 rings (SSSR count). The maximum Gasteiger partial charge on any atom is 0.337 e. The number of hydrogen-bond acceptors (Lipinski definition) is 5. The molecule has 0 saturated heterocycles. The number of ether oxygens (including phenoxy) is 1. The molecule has 124 valence electrons. The van der Waals surface area contributed by atoms with E-state index in [1.165, 1.54) is 37.6 Å². The van der Waals surface area contributed by atoms with Crippen LogP contribution in [-0.2, 0) is 14.8 Å². The summed E-state index contributed by atoms with van der Waals surface area (Å²) in [4.78, 5) is 15.7. The van der Waals surface area contributed by atoms with Gasteiger partial charge in [0, 0.05) is 6.20 Å². The van der Waals surface area contributed by atoms with Gasteiger partial charge < -0.3 is 4.74 Å². The number of aromatic nitrogens is 2. The van der Waals surface area contributed by atoms with Crippen LogP contribution < -0.4 is 4.72 Å². The van der Waals surface area contributed by atoms with Crippen molar-refractivity contribution in [2.24, 2.45) is 0 Å². The van der Waals surface area contributed by atoms with E-state index < -0.39 is 16.0 Å². The zero-order valence-electron chi connectivity index (χ0n) is 12.4. The quantitative estimate of drug-likeness (QED) is 0.668. The van der Waals surface area contributed by atoms with Crippen molar-refractivity contribution in [3.8, 4) is 0 Å². The SMILES string of the molecule is COC(=O)c1cccc(S(=O)(=O)Nc2cnc3c(Br)cccn23)c1. The van der Waals surface area contributed by atoms with Crippen LogP contribution in [0.5, 0.6) is 0 Å². The number of methoxy groups -OCH3 is 1. The third kappa shape index (κ3) is 3.00. The fourth-order valence-electron chi connectivity index (χ4n) is 2.16. The van der Waals surface area contributed by atoms with Gasteiger partial charge in [-0.1, -0.05) is 6.07 Å². The Hall–Kier alpha value is -2.39. The number of fused-ring (bicyclic) bond motifs is 1. The van der Waals surface area contributed by atoms with Crippen molar-refractivity contribution >= 4 is 43.4 Å². The van der Waals surface area contributed by atoms with Gasteiger partial charge in [-0.05, 0) is 46.3 Å². The minimum absolute atomic E-state index is 0.0460. The Labute approximate surface area is 146 Å². The zero-order chi connectivity index (χ0) is 17.3. The predicted octanol–water partition coefficient (Wildman–Crippen LogP) is 2.68. The number of hydrogen-bond donors (Lipinski definition) is 1. The minimum atomic E-state index is -3.89. The van der Waals surface area contributed by atoms with Gasteiger partial charge in [0.25, 0.3) is 10.0 Å². The summed E-state index contributed by atoms with van der Waals surface area (Å²) in [6.07, 6.45) is 3.11. The van der Waals surface area contributed by atoms with Crippen LogP contribution in [-0.4, -0.2) is 30.9 Å². The lowest BCUT2D eigenvalue weighted by atomic mass is 10.2. The zero-order valence-corrected chi connectivity index (χ0v) is 14.8. The molecule has 0 unspecified atom stereocenters. The monoisotopic (exact) mass is 409 g/mol. The van der Waals surface area contributed by atoms with Crippen LogP contribution >= 0.6 is 15.9 Å².